The molecule has 8 heteroatoms. The number of thioether (sulfide) groups is 2. The monoisotopic (exact) mass is 385 g/mol. The number of ether oxygens (including phenoxy) is 2. The highest BCUT2D eigenvalue weighted by molar-refractivity contribution is 8.16. The second-order valence-electron chi connectivity index (χ2n) is 5.90. The number of carboxylic acid groups (broad SMARTS) is 1. The summed E-state index contributed by atoms with van der Waals surface area (Å²) in [5.41, 5.74) is -0.237. The Balaban J connectivity index is 1.85. The molecule has 0 aliphatic carbocycles. The smallest absolute Gasteiger partial charge is 0.331 e. The van der Waals surface area contributed by atoms with Crippen LogP contribution in [0.1, 0.15) is 23.5 Å². The highest BCUT2D eigenvalue weighted by atomic mass is 32.2. The van der Waals surface area contributed by atoms with E-state index in [0.717, 1.165) is 0 Å². The van der Waals surface area contributed by atoms with Crippen LogP contribution in [0, 0.1) is 0 Å². The number of benzene rings is 1. The predicted octanol–water partition coefficient (Wildman–Crippen LogP) is 2.54. The largest absolute Gasteiger partial charge is 0.484 e. The number of amides is 1. The Morgan fingerprint density at radius 3 is 2.48 bits per heavy atom. The fourth-order valence-electron chi connectivity index (χ4n) is 2.33. The number of methoxy groups -OCH3 is 1. The molecule has 1 unspecified atom stereocenters. The van der Waals surface area contributed by atoms with Crippen molar-refractivity contribution < 1.29 is 24.2 Å². The van der Waals surface area contributed by atoms with E-state index in [1.807, 2.05) is 47.8 Å². The number of carboxylic acids is 1. The van der Waals surface area contributed by atoms with E-state index >= 15 is 0 Å². The number of hydrogen-bond donors (Lipinski definition) is 2. The van der Waals surface area contributed by atoms with Crippen molar-refractivity contribution in [1.82, 2.24) is 5.32 Å². The lowest BCUT2D eigenvalue weighted by molar-refractivity contribution is -0.149. The first kappa shape index (κ1) is 19.9. The van der Waals surface area contributed by atoms with E-state index < -0.39 is 17.4 Å². The second-order valence-corrected chi connectivity index (χ2v) is 8.63. The summed E-state index contributed by atoms with van der Waals surface area (Å²) in [6.07, 6.45) is 1.25. The molecule has 1 heterocycles. The Morgan fingerprint density at radius 1 is 1.28 bits per heavy atom. The molecule has 1 aromatic rings. The third kappa shape index (κ3) is 5.83. The maximum Gasteiger partial charge on any atom is 0.331 e. The van der Waals surface area contributed by atoms with Crippen LogP contribution in [-0.2, 0) is 14.3 Å². The summed E-state index contributed by atoms with van der Waals surface area (Å²) in [7, 11) is 1.38. The van der Waals surface area contributed by atoms with Crippen LogP contribution in [-0.4, -0.2) is 54.4 Å². The van der Waals surface area contributed by atoms with E-state index in [4.69, 9.17) is 9.47 Å². The minimum absolute atomic E-state index is 0.126. The van der Waals surface area contributed by atoms with Gasteiger partial charge in [0, 0.05) is 7.11 Å². The van der Waals surface area contributed by atoms with Gasteiger partial charge in [0.25, 0.3) is 5.91 Å². The lowest BCUT2D eigenvalue weighted by Gasteiger charge is -2.25. The van der Waals surface area contributed by atoms with Crippen LogP contribution in [0.4, 0.5) is 0 Å². The van der Waals surface area contributed by atoms with Crippen molar-refractivity contribution in [3.05, 3.63) is 29.8 Å². The van der Waals surface area contributed by atoms with E-state index in [-0.39, 0.29) is 13.2 Å². The van der Waals surface area contributed by atoms with Crippen LogP contribution >= 0.6 is 23.5 Å². The van der Waals surface area contributed by atoms with Crippen molar-refractivity contribution in [3.63, 3.8) is 0 Å². The summed E-state index contributed by atoms with van der Waals surface area (Å²) in [5, 5.41) is 11.6. The molecule has 25 heavy (non-hydrogen) atoms. The van der Waals surface area contributed by atoms with Gasteiger partial charge in [-0.2, -0.15) is 0 Å². The normalized spacial score (nSPS) is 17.5. The topological polar surface area (TPSA) is 84.9 Å². The van der Waals surface area contributed by atoms with Gasteiger partial charge in [0.1, 0.15) is 5.75 Å². The minimum Gasteiger partial charge on any atom is -0.484 e. The number of hydrogen-bond acceptors (Lipinski definition) is 6. The second kappa shape index (κ2) is 9.35. The molecule has 0 bridgehead atoms. The third-order valence-electron chi connectivity index (χ3n) is 3.67. The lowest BCUT2D eigenvalue weighted by Crippen LogP contribution is -2.56. The van der Waals surface area contributed by atoms with Crippen LogP contribution in [0.5, 0.6) is 5.75 Å². The zero-order valence-electron chi connectivity index (χ0n) is 14.3. The lowest BCUT2D eigenvalue weighted by atomic mass is 10.0. The first-order valence-corrected chi connectivity index (χ1v) is 10.0. The zero-order chi connectivity index (χ0) is 18.3. The molecular formula is C17H23NO5S2. The average Bonchev–Trinajstić information content (AvgIpc) is 2.61. The van der Waals surface area contributed by atoms with Crippen molar-refractivity contribution in [1.29, 1.82) is 0 Å². The van der Waals surface area contributed by atoms with Gasteiger partial charge >= 0.3 is 5.97 Å². The van der Waals surface area contributed by atoms with Crippen molar-refractivity contribution in [2.75, 3.05) is 31.8 Å². The number of aliphatic carboxylic acids is 1. The van der Waals surface area contributed by atoms with Gasteiger partial charge in [0.2, 0.25) is 0 Å². The Bertz CT molecular complexity index is 589. The Kier molecular flexibility index (Phi) is 7.46. The maximum absolute atomic E-state index is 12.0. The van der Waals surface area contributed by atoms with Crippen LogP contribution < -0.4 is 10.1 Å². The van der Waals surface area contributed by atoms with Crippen molar-refractivity contribution in [2.45, 2.75) is 23.5 Å². The number of nitrogens with one attached hydrogen (secondary N) is 1. The number of carbonyl (C=O) groups is 2. The molecule has 6 nitrogen and oxygen atoms in total. The molecule has 0 radical (unpaired) electrons. The quantitative estimate of drug-likeness (QED) is 0.711. The van der Waals surface area contributed by atoms with Crippen LogP contribution in [0.15, 0.2) is 24.3 Å². The molecule has 1 fully saturated rings. The Hall–Kier alpha value is -1.38. The van der Waals surface area contributed by atoms with Gasteiger partial charge in [-0.15, -0.1) is 23.5 Å². The van der Waals surface area contributed by atoms with Gasteiger partial charge < -0.3 is 19.9 Å². The fourth-order valence-corrected chi connectivity index (χ4v) is 5.23. The summed E-state index contributed by atoms with van der Waals surface area (Å²) in [4.78, 5) is 23.2. The van der Waals surface area contributed by atoms with E-state index in [0.29, 0.717) is 10.3 Å². The third-order valence-corrected chi connectivity index (χ3v) is 6.68. The highest BCUT2D eigenvalue weighted by Crippen LogP contribution is 2.43. The molecule has 2 rings (SSSR count). The van der Waals surface area contributed by atoms with Crippen LogP contribution in [0.25, 0.3) is 0 Å². The predicted molar refractivity (Wildman–Crippen MR) is 100 cm³/mol. The molecule has 1 atom stereocenters. The molecule has 1 aliphatic rings. The molecular weight excluding hydrogens is 362 g/mol. The van der Waals surface area contributed by atoms with Gasteiger partial charge in [-0.3, -0.25) is 4.79 Å². The van der Waals surface area contributed by atoms with E-state index in [9.17, 15) is 14.7 Å². The number of rotatable bonds is 8. The SMILES string of the molecule is COCC(C)(NC(=O)COc1ccc(C2SCCCS2)cc1)C(=O)O. The van der Waals surface area contributed by atoms with Crippen molar-refractivity contribution in [3.8, 4) is 5.75 Å². The number of carbonyl (C=O) groups excluding carboxylic acids is 1. The molecule has 0 spiro atoms. The Labute approximate surface area is 156 Å². The van der Waals surface area contributed by atoms with Crippen LogP contribution in [0.3, 0.4) is 0 Å². The van der Waals surface area contributed by atoms with Crippen molar-refractivity contribution in [2.24, 2.45) is 0 Å². The maximum atomic E-state index is 12.0. The summed E-state index contributed by atoms with van der Waals surface area (Å²) in [6, 6.07) is 7.69. The molecule has 2 N–H and O–H groups in total. The van der Waals surface area contributed by atoms with Crippen molar-refractivity contribution >= 4 is 35.4 Å². The highest BCUT2D eigenvalue weighted by Gasteiger charge is 2.35. The molecule has 1 aliphatic heterocycles. The standard InChI is InChI=1S/C17H23NO5S2/c1-17(11-22-2,16(20)21)18-14(19)10-23-13-6-4-12(5-7-13)15-24-8-3-9-25-15/h4-7,15H,3,8-11H2,1-2H3,(H,18,19)(H,20,21). The molecule has 1 aromatic carbocycles. The van der Waals surface area contributed by atoms with E-state index in [2.05, 4.69) is 5.32 Å². The Morgan fingerprint density at radius 2 is 1.92 bits per heavy atom. The first-order valence-electron chi connectivity index (χ1n) is 7.94. The summed E-state index contributed by atoms with van der Waals surface area (Å²) >= 11 is 3.89. The minimum atomic E-state index is -1.48. The molecule has 1 amide bonds. The van der Waals surface area contributed by atoms with Gasteiger partial charge in [-0.25, -0.2) is 4.79 Å². The summed E-state index contributed by atoms with van der Waals surface area (Å²) < 4.78 is 10.8. The molecule has 0 aromatic heterocycles. The van der Waals surface area contributed by atoms with Gasteiger partial charge in [0.15, 0.2) is 12.1 Å². The fraction of sp³-hybridized carbons (Fsp3) is 0.529. The molecule has 0 saturated carbocycles. The van der Waals surface area contributed by atoms with Gasteiger partial charge in [0.05, 0.1) is 11.2 Å². The summed E-state index contributed by atoms with van der Waals surface area (Å²) in [6.45, 7) is 1.02. The van der Waals surface area contributed by atoms with Gasteiger partial charge in [-0.05, 0) is 42.5 Å². The van der Waals surface area contributed by atoms with E-state index in [1.54, 1.807) is 0 Å². The average molecular weight is 386 g/mol. The van der Waals surface area contributed by atoms with Gasteiger partial charge in [-0.1, -0.05) is 12.1 Å². The molecule has 1 saturated heterocycles. The zero-order valence-corrected chi connectivity index (χ0v) is 16.0. The van der Waals surface area contributed by atoms with E-state index in [1.165, 1.54) is 37.5 Å². The first-order chi connectivity index (χ1) is 11.9. The summed E-state index contributed by atoms with van der Waals surface area (Å²) in [5.74, 6) is 1.27. The van der Waals surface area contributed by atoms with Crippen LogP contribution in [0.2, 0.25) is 0 Å². The molecule has 138 valence electrons.